The van der Waals surface area contributed by atoms with E-state index in [4.69, 9.17) is 4.74 Å². The van der Waals surface area contributed by atoms with Gasteiger partial charge < -0.3 is 10.1 Å². The summed E-state index contributed by atoms with van der Waals surface area (Å²) in [5.74, 6) is -0.642. The number of carbonyl (C=O) groups excluding carboxylic acids is 2. The molecule has 2 aromatic heterocycles. The Morgan fingerprint density at radius 3 is 2.22 bits per heavy atom. The number of fused-ring (bicyclic) bond motifs is 2. The summed E-state index contributed by atoms with van der Waals surface area (Å²) >= 11 is 3.24. The highest BCUT2D eigenvalue weighted by atomic mass is 32.1. The van der Waals surface area contributed by atoms with E-state index in [-0.39, 0.29) is 17.8 Å². The maximum Gasteiger partial charge on any atom is 0.341 e. The van der Waals surface area contributed by atoms with Crippen molar-refractivity contribution in [3.8, 4) is 10.4 Å². The molecule has 2 heterocycles. The standard InChI is InChI=1S/C29H33FN2O3S2/c1-29(2,3)35-27(33)24-20-9-5-7-11-23(20)37-26(24)32-28(34)31-16-21-19-8-4-6-10-22(19)36-25(21)17-12-14-18(30)15-13-17/h12-15H,4-11,16H2,1-3H3,(H2,31,32,34). The summed E-state index contributed by atoms with van der Waals surface area (Å²) in [5, 5.41) is 6.56. The Morgan fingerprint density at radius 2 is 1.54 bits per heavy atom. The lowest BCUT2D eigenvalue weighted by Crippen LogP contribution is -2.30. The van der Waals surface area contributed by atoms with Gasteiger partial charge in [0.05, 0.1) is 5.56 Å². The molecular weight excluding hydrogens is 507 g/mol. The zero-order chi connectivity index (χ0) is 26.2. The van der Waals surface area contributed by atoms with Crippen molar-refractivity contribution in [2.45, 2.75) is 84.3 Å². The molecule has 0 aliphatic heterocycles. The summed E-state index contributed by atoms with van der Waals surface area (Å²) in [6, 6.07) is 6.23. The second-order valence-corrected chi connectivity index (χ2v) is 13.0. The van der Waals surface area contributed by atoms with Crippen LogP contribution >= 0.6 is 22.7 Å². The van der Waals surface area contributed by atoms with Gasteiger partial charge in [-0.05, 0) is 107 Å². The molecule has 1 aromatic carbocycles. The molecule has 5 rings (SSSR count). The Bertz CT molecular complexity index is 1320. The first-order valence-electron chi connectivity index (χ1n) is 13.0. The molecule has 0 saturated carbocycles. The van der Waals surface area contributed by atoms with Crippen LogP contribution in [0.25, 0.3) is 10.4 Å². The molecular formula is C29H33FN2O3S2. The fraction of sp³-hybridized carbons (Fsp3) is 0.448. The predicted molar refractivity (Wildman–Crippen MR) is 148 cm³/mol. The zero-order valence-electron chi connectivity index (χ0n) is 21.6. The molecule has 0 saturated heterocycles. The van der Waals surface area contributed by atoms with Crippen LogP contribution in [0.1, 0.15) is 83.3 Å². The molecule has 2 aliphatic rings. The number of urea groups is 1. The van der Waals surface area contributed by atoms with Crippen LogP contribution in [0.2, 0.25) is 0 Å². The number of esters is 1. The third-order valence-electron chi connectivity index (χ3n) is 6.81. The number of thiophene rings is 2. The van der Waals surface area contributed by atoms with Gasteiger partial charge in [-0.25, -0.2) is 14.0 Å². The fourth-order valence-corrected chi connectivity index (χ4v) is 7.85. The van der Waals surface area contributed by atoms with Gasteiger partial charge in [0.15, 0.2) is 0 Å². The molecule has 2 N–H and O–H groups in total. The van der Waals surface area contributed by atoms with Crippen LogP contribution in [-0.4, -0.2) is 17.6 Å². The van der Waals surface area contributed by atoms with Crippen molar-refractivity contribution in [2.75, 3.05) is 5.32 Å². The number of anilines is 1. The molecule has 8 heteroatoms. The Balaban J connectivity index is 1.37. The molecule has 0 unspecified atom stereocenters. The van der Waals surface area contributed by atoms with Crippen molar-refractivity contribution in [3.05, 3.63) is 62.1 Å². The Kier molecular flexibility index (Phi) is 7.41. The Morgan fingerprint density at radius 1 is 0.919 bits per heavy atom. The van der Waals surface area contributed by atoms with Crippen LogP contribution < -0.4 is 10.6 Å². The van der Waals surface area contributed by atoms with Crippen LogP contribution in [-0.2, 0) is 37.0 Å². The van der Waals surface area contributed by atoms with E-state index < -0.39 is 5.60 Å². The molecule has 0 bridgehead atoms. The fourth-order valence-electron chi connectivity index (χ4n) is 5.17. The number of carbonyl (C=O) groups is 2. The van der Waals surface area contributed by atoms with Crippen molar-refractivity contribution < 1.29 is 18.7 Å². The SMILES string of the molecule is CC(C)(C)OC(=O)c1c(NC(=O)NCc2c(-c3ccc(F)cc3)sc3c2CCCC3)sc2c1CCCC2. The van der Waals surface area contributed by atoms with Gasteiger partial charge >= 0.3 is 12.0 Å². The van der Waals surface area contributed by atoms with Crippen LogP contribution in [0, 0.1) is 5.82 Å². The summed E-state index contributed by atoms with van der Waals surface area (Å²) in [6.07, 6.45) is 8.19. The molecule has 196 valence electrons. The third-order valence-corrected chi connectivity index (χ3v) is 9.40. The lowest BCUT2D eigenvalue weighted by molar-refractivity contribution is 0.00699. The van der Waals surface area contributed by atoms with Crippen LogP contribution in [0.3, 0.4) is 0 Å². The van der Waals surface area contributed by atoms with E-state index in [2.05, 4.69) is 10.6 Å². The van der Waals surface area contributed by atoms with E-state index in [0.29, 0.717) is 17.1 Å². The Labute approximate surface area is 225 Å². The van der Waals surface area contributed by atoms with Gasteiger partial charge in [0, 0.05) is 21.2 Å². The van der Waals surface area contributed by atoms with E-state index in [9.17, 15) is 14.0 Å². The lowest BCUT2D eigenvalue weighted by Gasteiger charge is -2.21. The van der Waals surface area contributed by atoms with Gasteiger partial charge in [-0.2, -0.15) is 0 Å². The minimum Gasteiger partial charge on any atom is -0.456 e. The molecule has 0 spiro atoms. The lowest BCUT2D eigenvalue weighted by atomic mass is 9.93. The molecule has 37 heavy (non-hydrogen) atoms. The first kappa shape index (κ1) is 25.9. The topological polar surface area (TPSA) is 67.4 Å². The number of ether oxygens (including phenoxy) is 1. The second kappa shape index (κ2) is 10.6. The highest BCUT2D eigenvalue weighted by Crippen LogP contribution is 2.41. The quantitative estimate of drug-likeness (QED) is 0.327. The number of aryl methyl sites for hydroxylation is 2. The summed E-state index contributed by atoms with van der Waals surface area (Å²) in [4.78, 5) is 29.9. The van der Waals surface area contributed by atoms with E-state index in [0.717, 1.165) is 71.4 Å². The Hall–Kier alpha value is -2.71. The minimum absolute atomic E-state index is 0.261. The van der Waals surface area contributed by atoms with Crippen LogP contribution in [0.15, 0.2) is 24.3 Å². The highest BCUT2D eigenvalue weighted by molar-refractivity contribution is 7.17. The zero-order valence-corrected chi connectivity index (χ0v) is 23.2. The highest BCUT2D eigenvalue weighted by Gasteiger charge is 2.30. The maximum atomic E-state index is 13.6. The van der Waals surface area contributed by atoms with Crippen molar-refractivity contribution in [1.82, 2.24) is 5.32 Å². The van der Waals surface area contributed by atoms with E-state index in [1.165, 1.54) is 40.3 Å². The number of nitrogens with one attached hydrogen (secondary N) is 2. The number of halogens is 1. The van der Waals surface area contributed by atoms with Gasteiger partial charge in [0.25, 0.3) is 0 Å². The number of amides is 2. The van der Waals surface area contributed by atoms with E-state index in [1.54, 1.807) is 23.5 Å². The number of hydrogen-bond donors (Lipinski definition) is 2. The van der Waals surface area contributed by atoms with Gasteiger partial charge in [0.1, 0.15) is 16.4 Å². The van der Waals surface area contributed by atoms with Crippen LogP contribution in [0.5, 0.6) is 0 Å². The predicted octanol–water partition coefficient (Wildman–Crippen LogP) is 7.65. The molecule has 0 radical (unpaired) electrons. The third kappa shape index (κ3) is 5.75. The van der Waals surface area contributed by atoms with Gasteiger partial charge in [-0.15, -0.1) is 22.7 Å². The van der Waals surface area contributed by atoms with E-state index in [1.807, 2.05) is 20.8 Å². The van der Waals surface area contributed by atoms with Crippen LogP contribution in [0.4, 0.5) is 14.2 Å². The van der Waals surface area contributed by atoms with Gasteiger partial charge in [0.2, 0.25) is 0 Å². The summed E-state index contributed by atoms with van der Waals surface area (Å²) in [6.45, 7) is 5.93. The number of benzene rings is 1. The summed E-state index contributed by atoms with van der Waals surface area (Å²) in [5.41, 5.74) is 4.30. The maximum absolute atomic E-state index is 13.6. The van der Waals surface area contributed by atoms with Gasteiger partial charge in [-0.1, -0.05) is 12.1 Å². The molecule has 3 aromatic rings. The number of rotatable bonds is 5. The van der Waals surface area contributed by atoms with Crippen molar-refractivity contribution in [1.29, 1.82) is 0 Å². The molecule has 2 aliphatic carbocycles. The first-order chi connectivity index (χ1) is 17.7. The normalized spacial score (nSPS) is 15.0. The summed E-state index contributed by atoms with van der Waals surface area (Å²) in [7, 11) is 0. The summed E-state index contributed by atoms with van der Waals surface area (Å²) < 4.78 is 19.3. The molecule has 0 atom stereocenters. The molecule has 0 fully saturated rings. The van der Waals surface area contributed by atoms with Crippen molar-refractivity contribution in [2.24, 2.45) is 0 Å². The molecule has 2 amide bonds. The average Bonchev–Trinajstić information content (AvgIpc) is 3.40. The van der Waals surface area contributed by atoms with Crippen molar-refractivity contribution in [3.63, 3.8) is 0 Å². The smallest absolute Gasteiger partial charge is 0.341 e. The first-order valence-corrected chi connectivity index (χ1v) is 14.6. The minimum atomic E-state index is -0.616. The van der Waals surface area contributed by atoms with Crippen molar-refractivity contribution >= 4 is 39.7 Å². The molecule has 5 nitrogen and oxygen atoms in total. The van der Waals surface area contributed by atoms with E-state index >= 15 is 0 Å². The monoisotopic (exact) mass is 540 g/mol. The van der Waals surface area contributed by atoms with Gasteiger partial charge in [-0.3, -0.25) is 5.32 Å². The number of hydrogen-bond acceptors (Lipinski definition) is 5. The average molecular weight is 541 g/mol. The second-order valence-electron chi connectivity index (χ2n) is 10.8. The largest absolute Gasteiger partial charge is 0.456 e.